The second-order valence-corrected chi connectivity index (χ2v) is 6.09. The Kier molecular flexibility index (Phi) is 4.29. The molecule has 0 radical (unpaired) electrons. The fourth-order valence-electron chi connectivity index (χ4n) is 2.49. The third kappa shape index (κ3) is 3.22. The summed E-state index contributed by atoms with van der Waals surface area (Å²) < 4.78 is 6.13. The molecule has 3 rings (SSSR count). The summed E-state index contributed by atoms with van der Waals surface area (Å²) in [5, 5.41) is 2.81. The molecule has 1 fully saturated rings. The van der Waals surface area contributed by atoms with Crippen molar-refractivity contribution in [1.29, 1.82) is 0 Å². The highest BCUT2D eigenvalue weighted by molar-refractivity contribution is 9.10. The second-order valence-electron chi connectivity index (χ2n) is 5.18. The average Bonchev–Trinajstić information content (AvgIpc) is 3.15. The maximum Gasteiger partial charge on any atom is 0.227 e. The van der Waals surface area contributed by atoms with Gasteiger partial charge in [0.15, 0.2) is 0 Å². The minimum Gasteiger partial charge on any atom is -0.467 e. The first-order valence-corrected chi connectivity index (χ1v) is 7.79. The Morgan fingerprint density at radius 1 is 1.32 bits per heavy atom. The first kappa shape index (κ1) is 14.8. The van der Waals surface area contributed by atoms with Gasteiger partial charge in [0.1, 0.15) is 5.76 Å². The molecular weight excluding hydrogens is 348 g/mol. The van der Waals surface area contributed by atoms with Crippen LogP contribution >= 0.6 is 15.9 Å². The molecule has 1 atom stereocenters. The summed E-state index contributed by atoms with van der Waals surface area (Å²) in [4.78, 5) is 26.0. The quantitative estimate of drug-likeness (QED) is 0.909. The molecule has 1 aromatic heterocycles. The van der Waals surface area contributed by atoms with Crippen LogP contribution in [0.5, 0.6) is 0 Å². The van der Waals surface area contributed by atoms with Crippen LogP contribution < -0.4 is 10.2 Å². The van der Waals surface area contributed by atoms with Gasteiger partial charge in [0.05, 0.1) is 18.7 Å². The molecule has 0 aliphatic carbocycles. The highest BCUT2D eigenvalue weighted by Crippen LogP contribution is 2.26. The van der Waals surface area contributed by atoms with Crippen LogP contribution in [-0.2, 0) is 16.1 Å². The topological polar surface area (TPSA) is 62.6 Å². The van der Waals surface area contributed by atoms with Crippen LogP contribution in [0, 0.1) is 5.92 Å². The molecule has 0 spiro atoms. The third-order valence-electron chi connectivity index (χ3n) is 3.65. The van der Waals surface area contributed by atoms with E-state index in [0.717, 1.165) is 10.2 Å². The van der Waals surface area contributed by atoms with E-state index < -0.39 is 0 Å². The molecule has 6 heteroatoms. The third-order valence-corrected chi connectivity index (χ3v) is 4.18. The number of amides is 2. The van der Waals surface area contributed by atoms with E-state index in [1.54, 1.807) is 23.3 Å². The zero-order valence-electron chi connectivity index (χ0n) is 11.8. The number of carbonyl (C=O) groups is 2. The molecule has 0 saturated carbocycles. The molecule has 2 heterocycles. The highest BCUT2D eigenvalue weighted by atomic mass is 79.9. The monoisotopic (exact) mass is 362 g/mol. The fraction of sp³-hybridized carbons (Fsp3) is 0.250. The molecule has 5 nitrogen and oxygen atoms in total. The molecular formula is C16H15BrN2O3. The van der Waals surface area contributed by atoms with Gasteiger partial charge in [0.25, 0.3) is 0 Å². The van der Waals surface area contributed by atoms with Gasteiger partial charge in [0.2, 0.25) is 11.8 Å². The van der Waals surface area contributed by atoms with Crippen LogP contribution in [0.25, 0.3) is 0 Å². The van der Waals surface area contributed by atoms with E-state index in [1.165, 1.54) is 0 Å². The van der Waals surface area contributed by atoms with Crippen LogP contribution in [0.4, 0.5) is 5.69 Å². The van der Waals surface area contributed by atoms with Crippen LogP contribution in [-0.4, -0.2) is 18.4 Å². The van der Waals surface area contributed by atoms with Crippen molar-refractivity contribution in [3.8, 4) is 0 Å². The van der Waals surface area contributed by atoms with Crippen LogP contribution in [0.1, 0.15) is 12.2 Å². The molecule has 22 heavy (non-hydrogen) atoms. The summed E-state index contributed by atoms with van der Waals surface area (Å²) in [5.74, 6) is 0.221. The normalized spacial score (nSPS) is 17.8. The lowest BCUT2D eigenvalue weighted by Gasteiger charge is -2.16. The summed E-state index contributed by atoms with van der Waals surface area (Å²) in [6.07, 6.45) is 1.80. The first-order valence-electron chi connectivity index (χ1n) is 6.99. The molecule has 1 saturated heterocycles. The smallest absolute Gasteiger partial charge is 0.227 e. The fourth-order valence-corrected chi connectivity index (χ4v) is 2.75. The van der Waals surface area contributed by atoms with Gasteiger partial charge in [-0.25, -0.2) is 0 Å². The summed E-state index contributed by atoms with van der Waals surface area (Å²) in [6.45, 7) is 0.749. The molecule has 1 N–H and O–H groups in total. The largest absolute Gasteiger partial charge is 0.467 e. The van der Waals surface area contributed by atoms with Gasteiger partial charge >= 0.3 is 0 Å². The molecule has 114 valence electrons. The molecule has 0 bridgehead atoms. The van der Waals surface area contributed by atoms with Gasteiger partial charge in [-0.05, 0) is 36.4 Å². The van der Waals surface area contributed by atoms with Crippen LogP contribution in [0.3, 0.4) is 0 Å². The van der Waals surface area contributed by atoms with Crippen LogP contribution in [0.2, 0.25) is 0 Å². The highest BCUT2D eigenvalue weighted by Gasteiger charge is 2.34. The number of hydrogen-bond acceptors (Lipinski definition) is 3. The predicted octanol–water partition coefficient (Wildman–Crippen LogP) is 2.71. The van der Waals surface area contributed by atoms with E-state index in [2.05, 4.69) is 21.2 Å². The second kappa shape index (κ2) is 6.36. The molecule has 1 aliphatic rings. The van der Waals surface area contributed by atoms with Gasteiger partial charge in [-0.2, -0.15) is 0 Å². The Morgan fingerprint density at radius 2 is 2.09 bits per heavy atom. The van der Waals surface area contributed by atoms with E-state index in [1.807, 2.05) is 24.3 Å². The number of hydrogen-bond donors (Lipinski definition) is 1. The maximum atomic E-state index is 12.2. The van der Waals surface area contributed by atoms with E-state index in [4.69, 9.17) is 4.42 Å². The molecule has 1 aliphatic heterocycles. The molecule has 2 amide bonds. The van der Waals surface area contributed by atoms with Crippen molar-refractivity contribution in [2.24, 2.45) is 5.92 Å². The average molecular weight is 363 g/mol. The number of halogens is 1. The number of nitrogens with one attached hydrogen (secondary N) is 1. The first-order chi connectivity index (χ1) is 10.6. The van der Waals surface area contributed by atoms with Crippen molar-refractivity contribution in [2.45, 2.75) is 13.0 Å². The van der Waals surface area contributed by atoms with Crippen molar-refractivity contribution >= 4 is 33.4 Å². The van der Waals surface area contributed by atoms with E-state index >= 15 is 0 Å². The Balaban J connectivity index is 1.61. The number of anilines is 1. The predicted molar refractivity (Wildman–Crippen MR) is 85.2 cm³/mol. The number of rotatable bonds is 4. The van der Waals surface area contributed by atoms with Crippen molar-refractivity contribution in [1.82, 2.24) is 5.32 Å². The summed E-state index contributed by atoms with van der Waals surface area (Å²) in [6, 6.07) is 11.1. The van der Waals surface area contributed by atoms with Crippen molar-refractivity contribution in [3.63, 3.8) is 0 Å². The number of benzene rings is 1. The lowest BCUT2D eigenvalue weighted by Crippen LogP contribution is -2.32. The zero-order valence-corrected chi connectivity index (χ0v) is 13.4. The Hall–Kier alpha value is -2.08. The maximum absolute atomic E-state index is 12.2. The number of nitrogens with zero attached hydrogens (tertiary/aromatic N) is 1. The SMILES string of the molecule is O=C(NCc1ccco1)C1CC(=O)N(c2ccc(Br)cc2)C1. The minimum absolute atomic E-state index is 0.0273. The molecule has 1 aromatic carbocycles. The zero-order chi connectivity index (χ0) is 15.5. The van der Waals surface area contributed by atoms with Gasteiger partial charge in [-0.15, -0.1) is 0 Å². The summed E-state index contributed by atoms with van der Waals surface area (Å²) >= 11 is 3.37. The van der Waals surface area contributed by atoms with Gasteiger partial charge in [-0.1, -0.05) is 15.9 Å². The van der Waals surface area contributed by atoms with Gasteiger partial charge in [-0.3, -0.25) is 9.59 Å². The lowest BCUT2D eigenvalue weighted by atomic mass is 10.1. The van der Waals surface area contributed by atoms with E-state index in [9.17, 15) is 9.59 Å². The molecule has 1 unspecified atom stereocenters. The van der Waals surface area contributed by atoms with Crippen molar-refractivity contribution in [2.75, 3.05) is 11.4 Å². The summed E-state index contributed by atoms with van der Waals surface area (Å²) in [7, 11) is 0. The van der Waals surface area contributed by atoms with Crippen molar-refractivity contribution in [3.05, 3.63) is 52.9 Å². The van der Waals surface area contributed by atoms with E-state index in [-0.39, 0.29) is 24.2 Å². The Labute approximate surface area is 136 Å². The summed E-state index contributed by atoms with van der Waals surface area (Å²) in [5.41, 5.74) is 0.814. The Morgan fingerprint density at radius 3 is 2.77 bits per heavy atom. The minimum atomic E-state index is -0.328. The lowest BCUT2D eigenvalue weighted by molar-refractivity contribution is -0.126. The number of furan rings is 1. The number of carbonyl (C=O) groups excluding carboxylic acids is 2. The van der Waals surface area contributed by atoms with E-state index in [0.29, 0.717) is 18.8 Å². The van der Waals surface area contributed by atoms with Crippen LogP contribution in [0.15, 0.2) is 51.6 Å². The van der Waals surface area contributed by atoms with Gasteiger partial charge in [0, 0.05) is 23.1 Å². The molecule has 2 aromatic rings. The standard InChI is InChI=1S/C16H15BrN2O3/c17-12-3-5-13(6-4-12)19-10-11(8-15(19)20)16(21)18-9-14-2-1-7-22-14/h1-7,11H,8-10H2,(H,18,21). The van der Waals surface area contributed by atoms with Crippen molar-refractivity contribution < 1.29 is 14.0 Å². The Bertz CT molecular complexity index is 667. The van der Waals surface area contributed by atoms with Gasteiger partial charge < -0.3 is 14.6 Å².